The highest BCUT2D eigenvalue weighted by Crippen LogP contribution is 2.26. The minimum atomic E-state index is -0.318. The molecule has 0 unspecified atom stereocenters. The molecule has 1 amide bonds. The van der Waals surface area contributed by atoms with Gasteiger partial charge in [0.15, 0.2) is 0 Å². The number of halogens is 1. The number of piperazine rings is 1. The van der Waals surface area contributed by atoms with Gasteiger partial charge in [0.05, 0.1) is 0 Å². The standard InChI is InChI=1S/C15H16FN3OS/c1-10-8-17-6-7-19(10)15(20)13-9-21-14(18-13)11-4-2-3-5-12(11)16/h2-5,9-10,17H,6-8H2,1H3/t10-/m0/s1. The fraction of sp³-hybridized carbons (Fsp3) is 0.333. The van der Waals surface area contributed by atoms with Crippen molar-refractivity contribution in [3.8, 4) is 10.6 Å². The Labute approximate surface area is 126 Å². The maximum absolute atomic E-state index is 13.8. The van der Waals surface area contributed by atoms with Gasteiger partial charge in [0.2, 0.25) is 0 Å². The van der Waals surface area contributed by atoms with E-state index in [9.17, 15) is 9.18 Å². The molecule has 0 radical (unpaired) electrons. The van der Waals surface area contributed by atoms with Gasteiger partial charge in [-0.05, 0) is 19.1 Å². The number of nitrogens with zero attached hydrogens (tertiary/aromatic N) is 2. The number of aromatic nitrogens is 1. The van der Waals surface area contributed by atoms with Crippen molar-refractivity contribution in [2.45, 2.75) is 13.0 Å². The Morgan fingerprint density at radius 1 is 1.48 bits per heavy atom. The summed E-state index contributed by atoms with van der Waals surface area (Å²) in [6.45, 7) is 4.26. The van der Waals surface area contributed by atoms with Crippen molar-refractivity contribution in [3.63, 3.8) is 0 Å². The van der Waals surface area contributed by atoms with E-state index in [2.05, 4.69) is 10.3 Å². The molecule has 1 aromatic carbocycles. The first-order valence-electron chi connectivity index (χ1n) is 6.89. The highest BCUT2D eigenvalue weighted by molar-refractivity contribution is 7.13. The summed E-state index contributed by atoms with van der Waals surface area (Å²) in [5.41, 5.74) is 0.835. The average Bonchev–Trinajstić information content (AvgIpc) is 2.97. The number of hydrogen-bond donors (Lipinski definition) is 1. The Hall–Kier alpha value is -1.79. The minimum absolute atomic E-state index is 0.0807. The predicted molar refractivity (Wildman–Crippen MR) is 80.9 cm³/mol. The second-order valence-electron chi connectivity index (χ2n) is 5.07. The summed E-state index contributed by atoms with van der Waals surface area (Å²) in [6, 6.07) is 6.62. The Balaban J connectivity index is 1.85. The average molecular weight is 305 g/mol. The van der Waals surface area contributed by atoms with Crippen molar-refractivity contribution >= 4 is 17.2 Å². The van der Waals surface area contributed by atoms with Crippen LogP contribution in [0.4, 0.5) is 4.39 Å². The molecule has 1 aromatic heterocycles. The fourth-order valence-corrected chi connectivity index (χ4v) is 3.24. The third kappa shape index (κ3) is 2.82. The van der Waals surface area contributed by atoms with E-state index in [4.69, 9.17) is 0 Å². The largest absolute Gasteiger partial charge is 0.332 e. The smallest absolute Gasteiger partial charge is 0.273 e. The predicted octanol–water partition coefficient (Wildman–Crippen LogP) is 2.38. The monoisotopic (exact) mass is 305 g/mol. The molecule has 3 rings (SSSR count). The Kier molecular flexibility index (Phi) is 3.98. The molecule has 4 nitrogen and oxygen atoms in total. The van der Waals surface area contributed by atoms with Gasteiger partial charge in [0, 0.05) is 36.6 Å². The number of nitrogens with one attached hydrogen (secondary N) is 1. The number of amides is 1. The van der Waals surface area contributed by atoms with E-state index < -0.39 is 0 Å². The molecular weight excluding hydrogens is 289 g/mol. The summed E-state index contributed by atoms with van der Waals surface area (Å²) in [5.74, 6) is -0.399. The van der Waals surface area contributed by atoms with E-state index in [1.807, 2.05) is 11.8 Å². The lowest BCUT2D eigenvalue weighted by molar-refractivity contribution is 0.0650. The van der Waals surface area contributed by atoms with Crippen LogP contribution in [-0.2, 0) is 0 Å². The first-order valence-corrected chi connectivity index (χ1v) is 7.77. The topological polar surface area (TPSA) is 45.2 Å². The molecule has 6 heteroatoms. The number of hydrogen-bond acceptors (Lipinski definition) is 4. The second-order valence-corrected chi connectivity index (χ2v) is 5.93. The summed E-state index contributed by atoms with van der Waals surface area (Å²) in [7, 11) is 0. The van der Waals surface area contributed by atoms with Gasteiger partial charge >= 0.3 is 0 Å². The Bertz CT molecular complexity index is 658. The van der Waals surface area contributed by atoms with Crippen molar-refractivity contribution in [2.24, 2.45) is 0 Å². The fourth-order valence-electron chi connectivity index (χ4n) is 2.42. The summed E-state index contributed by atoms with van der Waals surface area (Å²) in [6.07, 6.45) is 0. The minimum Gasteiger partial charge on any atom is -0.332 e. The van der Waals surface area contributed by atoms with Crippen molar-refractivity contribution in [1.82, 2.24) is 15.2 Å². The number of carbonyl (C=O) groups is 1. The zero-order valence-corrected chi connectivity index (χ0v) is 12.5. The summed E-state index contributed by atoms with van der Waals surface area (Å²) < 4.78 is 13.8. The number of benzene rings is 1. The van der Waals surface area contributed by atoms with Gasteiger partial charge < -0.3 is 10.2 Å². The van der Waals surface area contributed by atoms with E-state index in [1.165, 1.54) is 17.4 Å². The molecular formula is C15H16FN3OS. The normalized spacial score (nSPS) is 18.8. The third-order valence-electron chi connectivity index (χ3n) is 3.59. The van der Waals surface area contributed by atoms with E-state index in [-0.39, 0.29) is 17.8 Å². The van der Waals surface area contributed by atoms with Crippen LogP contribution in [0.1, 0.15) is 17.4 Å². The maximum atomic E-state index is 13.8. The van der Waals surface area contributed by atoms with Gasteiger partial charge in [-0.1, -0.05) is 12.1 Å². The van der Waals surface area contributed by atoms with Crippen LogP contribution < -0.4 is 5.32 Å². The maximum Gasteiger partial charge on any atom is 0.273 e. The second kappa shape index (κ2) is 5.91. The van der Waals surface area contributed by atoms with Crippen LogP contribution in [0, 0.1) is 5.82 Å². The third-order valence-corrected chi connectivity index (χ3v) is 4.47. The first-order chi connectivity index (χ1) is 10.2. The van der Waals surface area contributed by atoms with Crippen LogP contribution in [0.5, 0.6) is 0 Å². The summed E-state index contributed by atoms with van der Waals surface area (Å²) >= 11 is 1.30. The highest BCUT2D eigenvalue weighted by atomic mass is 32.1. The van der Waals surface area contributed by atoms with Crippen LogP contribution in [0.3, 0.4) is 0 Å². The van der Waals surface area contributed by atoms with Gasteiger partial charge in [0.1, 0.15) is 16.5 Å². The van der Waals surface area contributed by atoms with Crippen LogP contribution in [-0.4, -0.2) is 41.5 Å². The lowest BCUT2D eigenvalue weighted by Crippen LogP contribution is -2.52. The molecule has 1 atom stereocenters. The Morgan fingerprint density at radius 3 is 3.05 bits per heavy atom. The van der Waals surface area contributed by atoms with Crippen LogP contribution in [0.25, 0.3) is 10.6 Å². The van der Waals surface area contributed by atoms with Gasteiger partial charge in [-0.3, -0.25) is 4.79 Å². The zero-order valence-electron chi connectivity index (χ0n) is 11.7. The van der Waals surface area contributed by atoms with E-state index >= 15 is 0 Å². The molecule has 2 heterocycles. The molecule has 0 spiro atoms. The molecule has 0 bridgehead atoms. The van der Waals surface area contributed by atoms with Crippen molar-refractivity contribution in [3.05, 3.63) is 41.2 Å². The molecule has 0 saturated carbocycles. The van der Waals surface area contributed by atoms with Gasteiger partial charge in [0.25, 0.3) is 5.91 Å². The zero-order chi connectivity index (χ0) is 14.8. The molecule has 110 valence electrons. The van der Waals surface area contributed by atoms with Crippen molar-refractivity contribution < 1.29 is 9.18 Å². The first kappa shape index (κ1) is 14.2. The van der Waals surface area contributed by atoms with Crippen LogP contribution in [0.2, 0.25) is 0 Å². The van der Waals surface area contributed by atoms with Crippen molar-refractivity contribution in [2.75, 3.05) is 19.6 Å². The lowest BCUT2D eigenvalue weighted by atomic mass is 10.2. The molecule has 21 heavy (non-hydrogen) atoms. The summed E-state index contributed by atoms with van der Waals surface area (Å²) in [5, 5.41) is 5.50. The number of carbonyl (C=O) groups excluding carboxylic acids is 1. The van der Waals surface area contributed by atoms with E-state index in [1.54, 1.807) is 23.6 Å². The van der Waals surface area contributed by atoms with E-state index in [0.29, 0.717) is 22.8 Å². The molecule has 1 aliphatic heterocycles. The molecule has 1 fully saturated rings. The molecule has 0 aliphatic carbocycles. The molecule has 2 aromatic rings. The van der Waals surface area contributed by atoms with Gasteiger partial charge in [-0.2, -0.15) is 0 Å². The molecule has 1 saturated heterocycles. The number of thiazole rings is 1. The van der Waals surface area contributed by atoms with Crippen LogP contribution in [0.15, 0.2) is 29.6 Å². The SMILES string of the molecule is C[C@H]1CNCCN1C(=O)c1csc(-c2ccccc2F)n1. The lowest BCUT2D eigenvalue weighted by Gasteiger charge is -2.33. The summed E-state index contributed by atoms with van der Waals surface area (Å²) in [4.78, 5) is 18.6. The highest BCUT2D eigenvalue weighted by Gasteiger charge is 2.26. The van der Waals surface area contributed by atoms with Gasteiger partial charge in [-0.15, -0.1) is 11.3 Å². The van der Waals surface area contributed by atoms with E-state index in [0.717, 1.165) is 13.1 Å². The number of rotatable bonds is 2. The Morgan fingerprint density at radius 2 is 2.29 bits per heavy atom. The van der Waals surface area contributed by atoms with Gasteiger partial charge in [-0.25, -0.2) is 9.37 Å². The quantitative estimate of drug-likeness (QED) is 0.926. The molecule has 1 N–H and O–H groups in total. The van der Waals surface area contributed by atoms with Crippen LogP contribution >= 0.6 is 11.3 Å². The van der Waals surface area contributed by atoms with Crippen molar-refractivity contribution in [1.29, 1.82) is 0 Å². The molecule has 1 aliphatic rings.